The second kappa shape index (κ2) is 5.90. The van der Waals surface area contributed by atoms with Crippen molar-refractivity contribution in [2.45, 2.75) is 18.8 Å². The molecule has 3 heterocycles. The molecule has 0 radical (unpaired) electrons. The Kier molecular flexibility index (Phi) is 3.72. The summed E-state index contributed by atoms with van der Waals surface area (Å²) in [5, 5.41) is 11.4. The molecular formula is C17H21N5O2. The van der Waals surface area contributed by atoms with Gasteiger partial charge in [0.05, 0.1) is 17.1 Å². The van der Waals surface area contributed by atoms with E-state index in [1.807, 2.05) is 11.7 Å². The van der Waals surface area contributed by atoms with Crippen LogP contribution in [0.4, 0.5) is 5.69 Å². The molecule has 0 unspecified atom stereocenters. The highest BCUT2D eigenvalue weighted by Crippen LogP contribution is 2.32. The molecule has 126 valence electrons. The molecule has 2 saturated heterocycles. The number of nitrogens with zero attached hydrogens (tertiary/aromatic N) is 3. The number of nitrogens with one attached hydrogen (secondary N) is 2. The molecule has 0 bridgehead atoms. The number of hydrogen-bond acceptors (Lipinski definition) is 5. The van der Waals surface area contributed by atoms with Crippen LogP contribution in [0.3, 0.4) is 0 Å². The van der Waals surface area contributed by atoms with Crippen LogP contribution < -0.4 is 15.5 Å². The molecule has 1 aromatic heterocycles. The predicted molar refractivity (Wildman–Crippen MR) is 90.9 cm³/mol. The van der Waals surface area contributed by atoms with Crippen molar-refractivity contribution in [1.29, 1.82) is 0 Å². The minimum Gasteiger partial charge on any atom is -0.369 e. The summed E-state index contributed by atoms with van der Waals surface area (Å²) in [4.78, 5) is 25.9. The quantitative estimate of drug-likeness (QED) is 0.786. The Morgan fingerprint density at radius 1 is 1.21 bits per heavy atom. The highest BCUT2D eigenvalue weighted by molar-refractivity contribution is 6.02. The summed E-state index contributed by atoms with van der Waals surface area (Å²) < 4.78 is 1.83. The van der Waals surface area contributed by atoms with Gasteiger partial charge in [-0.15, -0.1) is 0 Å². The number of carbonyl (C=O) groups is 2. The van der Waals surface area contributed by atoms with E-state index in [2.05, 4.69) is 38.8 Å². The van der Waals surface area contributed by atoms with E-state index in [0.29, 0.717) is 12.8 Å². The number of amides is 2. The molecule has 2 aromatic rings. The minimum atomic E-state index is -0.351. The van der Waals surface area contributed by atoms with Gasteiger partial charge in [-0.1, -0.05) is 0 Å². The van der Waals surface area contributed by atoms with Gasteiger partial charge in [0, 0.05) is 50.7 Å². The Labute approximate surface area is 140 Å². The van der Waals surface area contributed by atoms with Crippen molar-refractivity contribution >= 4 is 28.4 Å². The van der Waals surface area contributed by atoms with E-state index in [1.54, 1.807) is 0 Å². The van der Waals surface area contributed by atoms with Gasteiger partial charge in [0.15, 0.2) is 0 Å². The molecule has 2 aliphatic rings. The molecule has 2 aliphatic heterocycles. The van der Waals surface area contributed by atoms with Crippen LogP contribution in [0.15, 0.2) is 18.2 Å². The number of aromatic nitrogens is 2. The summed E-state index contributed by atoms with van der Waals surface area (Å²) in [6.07, 6.45) is 0.893. The van der Waals surface area contributed by atoms with Crippen molar-refractivity contribution in [2.24, 2.45) is 7.05 Å². The molecule has 2 N–H and O–H groups in total. The van der Waals surface area contributed by atoms with E-state index in [0.717, 1.165) is 42.8 Å². The topological polar surface area (TPSA) is 79.3 Å². The van der Waals surface area contributed by atoms with Gasteiger partial charge in [-0.2, -0.15) is 5.10 Å². The van der Waals surface area contributed by atoms with E-state index >= 15 is 0 Å². The average molecular weight is 327 g/mol. The maximum atomic E-state index is 12.2. The SMILES string of the molecule is Cn1nc([C@H]2CCC(=O)NC2=O)c2ccc(N3CCNCC3)cc21. The summed E-state index contributed by atoms with van der Waals surface area (Å²) in [5.74, 6) is -0.786. The van der Waals surface area contributed by atoms with E-state index in [-0.39, 0.29) is 17.7 Å². The average Bonchev–Trinajstić information content (AvgIpc) is 2.92. The summed E-state index contributed by atoms with van der Waals surface area (Å²) in [5.41, 5.74) is 2.97. The lowest BCUT2D eigenvalue weighted by Crippen LogP contribution is -2.43. The van der Waals surface area contributed by atoms with Crippen molar-refractivity contribution < 1.29 is 9.59 Å². The van der Waals surface area contributed by atoms with Gasteiger partial charge >= 0.3 is 0 Å². The maximum Gasteiger partial charge on any atom is 0.235 e. The van der Waals surface area contributed by atoms with Crippen molar-refractivity contribution in [3.05, 3.63) is 23.9 Å². The van der Waals surface area contributed by atoms with Gasteiger partial charge < -0.3 is 10.2 Å². The van der Waals surface area contributed by atoms with Crippen molar-refractivity contribution in [1.82, 2.24) is 20.4 Å². The highest BCUT2D eigenvalue weighted by atomic mass is 16.2. The highest BCUT2D eigenvalue weighted by Gasteiger charge is 2.31. The van der Waals surface area contributed by atoms with E-state index in [1.165, 1.54) is 5.69 Å². The molecular weight excluding hydrogens is 306 g/mol. The molecule has 1 atom stereocenters. The van der Waals surface area contributed by atoms with Crippen LogP contribution >= 0.6 is 0 Å². The fourth-order valence-electron chi connectivity index (χ4n) is 3.61. The van der Waals surface area contributed by atoms with Crippen LogP contribution in [0.2, 0.25) is 0 Å². The third-order valence-corrected chi connectivity index (χ3v) is 4.92. The van der Waals surface area contributed by atoms with Gasteiger partial charge in [0.25, 0.3) is 0 Å². The Morgan fingerprint density at radius 3 is 2.75 bits per heavy atom. The standard InChI is InChI=1S/C17H21N5O2/c1-21-14-10-11(22-8-6-18-7-9-22)2-3-12(14)16(20-21)13-4-5-15(23)19-17(13)24/h2-3,10,13,18H,4-9H2,1H3,(H,19,23,24)/t13-/m1/s1. The molecule has 2 fully saturated rings. The number of aryl methyl sites for hydroxylation is 1. The molecule has 2 amide bonds. The summed E-state index contributed by atoms with van der Waals surface area (Å²) >= 11 is 0. The van der Waals surface area contributed by atoms with Gasteiger partial charge in [-0.3, -0.25) is 19.6 Å². The van der Waals surface area contributed by atoms with Crippen LogP contribution in [-0.2, 0) is 16.6 Å². The number of piperidine rings is 1. The summed E-state index contributed by atoms with van der Waals surface area (Å²) in [6, 6.07) is 6.30. The Bertz CT molecular complexity index is 807. The van der Waals surface area contributed by atoms with Gasteiger partial charge in [-0.25, -0.2) is 0 Å². The van der Waals surface area contributed by atoms with Crippen LogP contribution in [-0.4, -0.2) is 47.8 Å². The first-order chi connectivity index (χ1) is 11.6. The normalized spacial score (nSPS) is 22.0. The fourth-order valence-corrected chi connectivity index (χ4v) is 3.61. The number of piperazine rings is 1. The lowest BCUT2D eigenvalue weighted by molar-refractivity contribution is -0.134. The number of carbonyl (C=O) groups excluding carboxylic acids is 2. The first kappa shape index (κ1) is 15.1. The van der Waals surface area contributed by atoms with E-state index in [4.69, 9.17) is 0 Å². The smallest absolute Gasteiger partial charge is 0.235 e. The van der Waals surface area contributed by atoms with Crippen molar-refractivity contribution in [2.75, 3.05) is 31.1 Å². The maximum absolute atomic E-state index is 12.2. The Morgan fingerprint density at radius 2 is 2.00 bits per heavy atom. The molecule has 0 spiro atoms. The number of hydrogen-bond donors (Lipinski definition) is 2. The van der Waals surface area contributed by atoms with Crippen LogP contribution in [0, 0.1) is 0 Å². The lowest BCUT2D eigenvalue weighted by atomic mass is 9.93. The molecule has 24 heavy (non-hydrogen) atoms. The van der Waals surface area contributed by atoms with Gasteiger partial charge in [0.1, 0.15) is 0 Å². The van der Waals surface area contributed by atoms with Crippen LogP contribution in [0.5, 0.6) is 0 Å². The Balaban J connectivity index is 1.71. The zero-order chi connectivity index (χ0) is 16.7. The van der Waals surface area contributed by atoms with Gasteiger partial charge in [0.2, 0.25) is 11.8 Å². The first-order valence-electron chi connectivity index (χ1n) is 8.39. The summed E-state index contributed by atoms with van der Waals surface area (Å²) in [6.45, 7) is 3.96. The number of anilines is 1. The number of fused-ring (bicyclic) bond motifs is 1. The molecule has 7 heteroatoms. The number of rotatable bonds is 2. The molecule has 1 aromatic carbocycles. The summed E-state index contributed by atoms with van der Waals surface area (Å²) in [7, 11) is 1.90. The molecule has 0 saturated carbocycles. The fraction of sp³-hybridized carbons (Fsp3) is 0.471. The predicted octanol–water partition coefficient (Wildman–Crippen LogP) is 0.503. The molecule has 0 aliphatic carbocycles. The molecule has 7 nitrogen and oxygen atoms in total. The van der Waals surface area contributed by atoms with E-state index in [9.17, 15) is 9.59 Å². The monoisotopic (exact) mass is 327 g/mol. The zero-order valence-corrected chi connectivity index (χ0v) is 13.7. The van der Waals surface area contributed by atoms with Crippen molar-refractivity contribution in [3.8, 4) is 0 Å². The van der Waals surface area contributed by atoms with Crippen molar-refractivity contribution in [3.63, 3.8) is 0 Å². The number of imide groups is 1. The first-order valence-corrected chi connectivity index (χ1v) is 8.39. The minimum absolute atomic E-state index is 0.197. The third kappa shape index (κ3) is 2.54. The lowest BCUT2D eigenvalue weighted by Gasteiger charge is -2.29. The van der Waals surface area contributed by atoms with Crippen LogP contribution in [0.25, 0.3) is 10.9 Å². The van der Waals surface area contributed by atoms with Crippen LogP contribution in [0.1, 0.15) is 24.5 Å². The van der Waals surface area contributed by atoms with E-state index < -0.39 is 0 Å². The molecule has 4 rings (SSSR count). The Hall–Kier alpha value is -2.41. The van der Waals surface area contributed by atoms with Gasteiger partial charge in [-0.05, 0) is 24.6 Å². The number of benzene rings is 1. The second-order valence-corrected chi connectivity index (χ2v) is 6.45. The zero-order valence-electron chi connectivity index (χ0n) is 13.7. The third-order valence-electron chi connectivity index (χ3n) is 4.92. The largest absolute Gasteiger partial charge is 0.369 e. The second-order valence-electron chi connectivity index (χ2n) is 6.45.